The maximum Gasteiger partial charge on any atom is 0.404 e. The number of nitrogens with zero attached hydrogens (tertiary/aromatic N) is 1. The van der Waals surface area contributed by atoms with Gasteiger partial charge in [-0.2, -0.15) is 0 Å². The summed E-state index contributed by atoms with van der Waals surface area (Å²) in [6.07, 6.45) is 4.24. The predicted octanol–water partition coefficient (Wildman–Crippen LogP) is 1.86. The number of hydrogen-bond donors (Lipinski definition) is 3. The van der Waals surface area contributed by atoms with Crippen molar-refractivity contribution in [2.75, 3.05) is 0 Å². The number of amides is 2. The first-order valence-electron chi connectivity index (χ1n) is 7.39. The Morgan fingerprint density at radius 1 is 1.10 bits per heavy atom. The lowest BCUT2D eigenvalue weighted by molar-refractivity contribution is 0.0914. The highest BCUT2D eigenvalue weighted by Crippen LogP contribution is 2.40. The summed E-state index contributed by atoms with van der Waals surface area (Å²) in [6.45, 7) is 0. The Morgan fingerprint density at radius 3 is 2.29 bits per heavy atom. The fraction of sp³-hybridized carbons (Fsp3) is 0.643. The van der Waals surface area contributed by atoms with Gasteiger partial charge in [-0.05, 0) is 38.5 Å². The number of rotatable bonds is 4. The fourth-order valence-corrected chi connectivity index (χ4v) is 2.77. The molecule has 0 aliphatic heterocycles. The molecular weight excluding hydrogens is 274 g/mol. The Bertz CT molecular complexity index is 530. The zero-order valence-corrected chi connectivity index (χ0v) is 11.7. The number of hydrogen-bond acceptors (Lipinski definition) is 4. The summed E-state index contributed by atoms with van der Waals surface area (Å²) in [5.74, 6) is 1.03. The van der Waals surface area contributed by atoms with Crippen LogP contribution in [0.2, 0.25) is 0 Å². The van der Waals surface area contributed by atoms with Gasteiger partial charge in [0.25, 0.3) is 5.91 Å². The van der Waals surface area contributed by atoms with Gasteiger partial charge in [-0.25, -0.2) is 4.79 Å². The SMILES string of the molecule is O=C(O)NC1CCC(NC(=O)c2cc(C3CC3)on2)CC1. The van der Waals surface area contributed by atoms with E-state index in [1.807, 2.05) is 0 Å². The number of carboxylic acid groups (broad SMARTS) is 1. The van der Waals surface area contributed by atoms with E-state index in [9.17, 15) is 9.59 Å². The van der Waals surface area contributed by atoms with Gasteiger partial charge in [-0.15, -0.1) is 0 Å². The van der Waals surface area contributed by atoms with Crippen molar-refractivity contribution in [3.63, 3.8) is 0 Å². The van der Waals surface area contributed by atoms with Gasteiger partial charge >= 0.3 is 6.09 Å². The third kappa shape index (κ3) is 3.53. The van der Waals surface area contributed by atoms with Gasteiger partial charge < -0.3 is 20.3 Å². The minimum Gasteiger partial charge on any atom is -0.465 e. The van der Waals surface area contributed by atoms with Crippen molar-refractivity contribution in [2.24, 2.45) is 0 Å². The average Bonchev–Trinajstić information content (AvgIpc) is 3.18. The van der Waals surface area contributed by atoms with E-state index in [1.54, 1.807) is 6.07 Å². The summed E-state index contributed by atoms with van der Waals surface area (Å²) >= 11 is 0. The first kappa shape index (κ1) is 13.9. The van der Waals surface area contributed by atoms with Crippen LogP contribution in [-0.2, 0) is 0 Å². The second-order valence-electron chi connectivity index (χ2n) is 5.86. The molecule has 7 heteroatoms. The molecule has 2 aliphatic rings. The molecule has 7 nitrogen and oxygen atoms in total. The zero-order chi connectivity index (χ0) is 14.8. The van der Waals surface area contributed by atoms with Crippen LogP contribution in [0.5, 0.6) is 0 Å². The summed E-state index contributed by atoms with van der Waals surface area (Å²) < 4.78 is 5.17. The van der Waals surface area contributed by atoms with Crippen LogP contribution in [0.25, 0.3) is 0 Å². The monoisotopic (exact) mass is 293 g/mol. The largest absolute Gasteiger partial charge is 0.465 e. The van der Waals surface area contributed by atoms with Gasteiger partial charge in [-0.3, -0.25) is 4.79 Å². The van der Waals surface area contributed by atoms with Crippen LogP contribution in [0.1, 0.15) is 60.7 Å². The number of carbonyl (C=O) groups is 2. The van der Waals surface area contributed by atoms with Gasteiger partial charge in [0, 0.05) is 24.1 Å². The summed E-state index contributed by atoms with van der Waals surface area (Å²) in [5, 5.41) is 17.9. The first-order valence-corrected chi connectivity index (χ1v) is 7.39. The molecule has 0 radical (unpaired) electrons. The van der Waals surface area contributed by atoms with Crippen LogP contribution >= 0.6 is 0 Å². The molecule has 2 amide bonds. The summed E-state index contributed by atoms with van der Waals surface area (Å²) in [7, 11) is 0. The third-order valence-corrected chi connectivity index (χ3v) is 4.13. The van der Waals surface area contributed by atoms with Crippen molar-refractivity contribution in [1.82, 2.24) is 15.8 Å². The van der Waals surface area contributed by atoms with Crippen LogP contribution in [0, 0.1) is 0 Å². The Balaban J connectivity index is 1.47. The molecule has 1 aromatic rings. The van der Waals surface area contributed by atoms with Crippen molar-refractivity contribution in [3.05, 3.63) is 17.5 Å². The fourth-order valence-electron chi connectivity index (χ4n) is 2.77. The highest BCUT2D eigenvalue weighted by Gasteiger charge is 2.29. The van der Waals surface area contributed by atoms with E-state index in [0.29, 0.717) is 11.6 Å². The Hall–Kier alpha value is -2.05. The first-order chi connectivity index (χ1) is 10.1. The van der Waals surface area contributed by atoms with Gasteiger partial charge in [0.1, 0.15) is 5.76 Å². The van der Waals surface area contributed by atoms with Crippen molar-refractivity contribution in [2.45, 2.75) is 56.5 Å². The molecule has 1 heterocycles. The molecule has 0 aromatic carbocycles. The van der Waals surface area contributed by atoms with Crippen molar-refractivity contribution < 1.29 is 19.2 Å². The molecule has 0 saturated heterocycles. The molecule has 0 atom stereocenters. The summed E-state index contributed by atoms with van der Waals surface area (Å²) in [6, 6.07) is 1.79. The highest BCUT2D eigenvalue weighted by molar-refractivity contribution is 5.92. The Kier molecular flexibility index (Phi) is 3.81. The third-order valence-electron chi connectivity index (χ3n) is 4.13. The van der Waals surface area contributed by atoms with Gasteiger partial charge in [0.2, 0.25) is 0 Å². The molecule has 2 aliphatic carbocycles. The van der Waals surface area contributed by atoms with Gasteiger partial charge in [0.05, 0.1) is 0 Å². The molecule has 0 spiro atoms. The van der Waals surface area contributed by atoms with Gasteiger partial charge in [0.15, 0.2) is 5.69 Å². The molecule has 3 rings (SSSR count). The predicted molar refractivity (Wildman–Crippen MR) is 73.1 cm³/mol. The minimum atomic E-state index is -0.988. The molecule has 3 N–H and O–H groups in total. The summed E-state index contributed by atoms with van der Waals surface area (Å²) in [4.78, 5) is 22.7. The van der Waals surface area contributed by atoms with Crippen LogP contribution in [-0.4, -0.2) is 34.3 Å². The molecule has 21 heavy (non-hydrogen) atoms. The summed E-state index contributed by atoms with van der Waals surface area (Å²) in [5.41, 5.74) is 0.336. The van der Waals surface area contributed by atoms with Crippen LogP contribution in [0.3, 0.4) is 0 Å². The quantitative estimate of drug-likeness (QED) is 0.786. The van der Waals surface area contributed by atoms with E-state index in [4.69, 9.17) is 9.63 Å². The molecule has 114 valence electrons. The number of aromatic nitrogens is 1. The lowest BCUT2D eigenvalue weighted by atomic mass is 9.91. The number of carbonyl (C=O) groups excluding carboxylic acids is 1. The van der Waals surface area contributed by atoms with E-state index < -0.39 is 6.09 Å². The topological polar surface area (TPSA) is 104 Å². The average molecular weight is 293 g/mol. The normalized spacial score (nSPS) is 25.3. The molecule has 2 fully saturated rings. The van der Waals surface area contributed by atoms with E-state index in [-0.39, 0.29) is 18.0 Å². The molecular formula is C14H19N3O4. The maximum absolute atomic E-state index is 12.1. The van der Waals surface area contributed by atoms with Crippen LogP contribution < -0.4 is 10.6 Å². The molecule has 1 aromatic heterocycles. The Labute approximate surface area is 122 Å². The Morgan fingerprint density at radius 2 is 1.71 bits per heavy atom. The second-order valence-corrected chi connectivity index (χ2v) is 5.86. The molecule has 0 bridgehead atoms. The van der Waals surface area contributed by atoms with Crippen molar-refractivity contribution >= 4 is 12.0 Å². The van der Waals surface area contributed by atoms with Crippen molar-refractivity contribution in [1.29, 1.82) is 0 Å². The standard InChI is InChI=1S/C14H19N3O4/c18-13(11-7-12(21-17-11)8-1-2-8)15-9-3-5-10(6-4-9)16-14(19)20/h7-10,16H,1-6H2,(H,15,18)(H,19,20). The van der Waals surface area contributed by atoms with Gasteiger partial charge in [-0.1, -0.05) is 5.16 Å². The number of nitrogens with one attached hydrogen (secondary N) is 2. The lowest BCUT2D eigenvalue weighted by Crippen LogP contribution is -2.43. The maximum atomic E-state index is 12.1. The smallest absolute Gasteiger partial charge is 0.404 e. The molecule has 0 unspecified atom stereocenters. The van der Waals surface area contributed by atoms with Crippen LogP contribution in [0.4, 0.5) is 4.79 Å². The molecule has 2 saturated carbocycles. The highest BCUT2D eigenvalue weighted by atomic mass is 16.5. The second kappa shape index (κ2) is 5.75. The van der Waals surface area contributed by atoms with Crippen LogP contribution in [0.15, 0.2) is 10.6 Å². The van der Waals surface area contributed by atoms with Crippen molar-refractivity contribution in [3.8, 4) is 0 Å². The van der Waals surface area contributed by atoms with E-state index in [1.165, 1.54) is 0 Å². The minimum absolute atomic E-state index is 0.0100. The van der Waals surface area contributed by atoms with E-state index in [2.05, 4.69) is 15.8 Å². The zero-order valence-electron chi connectivity index (χ0n) is 11.7. The van der Waals surface area contributed by atoms with E-state index in [0.717, 1.165) is 44.3 Å². The lowest BCUT2D eigenvalue weighted by Gasteiger charge is -2.28. The van der Waals surface area contributed by atoms with E-state index >= 15 is 0 Å².